The lowest BCUT2D eigenvalue weighted by atomic mass is 9.95. The molecular weight excluding hydrogens is 232 g/mol. The van der Waals surface area contributed by atoms with E-state index in [4.69, 9.17) is 20.4 Å². The summed E-state index contributed by atoms with van der Waals surface area (Å²) in [5, 5.41) is 33.6. The quantitative estimate of drug-likeness (QED) is 0.531. The van der Waals surface area contributed by atoms with Crippen LogP contribution in [0.15, 0.2) is 0 Å². The van der Waals surface area contributed by atoms with Gasteiger partial charge in [-0.25, -0.2) is 0 Å². The molecule has 0 spiro atoms. The van der Waals surface area contributed by atoms with Crippen LogP contribution in [0, 0.1) is 17.8 Å². The van der Waals surface area contributed by atoms with Crippen molar-refractivity contribution in [3.05, 3.63) is 0 Å². The van der Waals surface area contributed by atoms with Crippen molar-refractivity contribution >= 4 is 0 Å². The van der Waals surface area contributed by atoms with Crippen molar-refractivity contribution in [2.45, 2.75) is 72.9 Å². The van der Waals surface area contributed by atoms with E-state index in [9.17, 15) is 0 Å². The first-order valence-corrected chi connectivity index (χ1v) is 6.89. The lowest BCUT2D eigenvalue weighted by molar-refractivity contribution is -0.0731. The van der Waals surface area contributed by atoms with Gasteiger partial charge in [-0.2, -0.15) is 0 Å². The van der Waals surface area contributed by atoms with Gasteiger partial charge in [0, 0.05) is 5.92 Å². The van der Waals surface area contributed by atoms with Crippen LogP contribution in [0.4, 0.5) is 0 Å². The minimum Gasteiger partial charge on any atom is -0.368 e. The zero-order valence-corrected chi connectivity index (χ0v) is 12.5. The summed E-state index contributed by atoms with van der Waals surface area (Å²) in [5.74, 6) is 1.34. The maximum absolute atomic E-state index is 8.63. The van der Waals surface area contributed by atoms with Gasteiger partial charge in [-0.15, -0.1) is 0 Å². The maximum Gasteiger partial charge on any atom is 0.153 e. The highest BCUT2D eigenvalue weighted by Gasteiger charge is 2.06. The molecule has 0 aliphatic carbocycles. The van der Waals surface area contributed by atoms with Crippen LogP contribution in [0.25, 0.3) is 0 Å². The fourth-order valence-electron chi connectivity index (χ4n) is 1.20. The molecule has 0 bridgehead atoms. The lowest BCUT2D eigenvalue weighted by Gasteiger charge is -2.13. The predicted octanol–water partition coefficient (Wildman–Crippen LogP) is 2.10. The first-order chi connectivity index (χ1) is 8.16. The SMILES string of the molecule is CC(C)C(O)O.CC(C)CCC(C)CCC(O)O. The molecule has 4 heteroatoms. The Morgan fingerprint density at radius 3 is 1.33 bits per heavy atom. The highest BCUT2D eigenvalue weighted by atomic mass is 16.5. The largest absolute Gasteiger partial charge is 0.368 e. The first kappa shape index (κ1) is 20.2. The highest BCUT2D eigenvalue weighted by molar-refractivity contribution is 4.56. The molecule has 0 aromatic heterocycles. The van der Waals surface area contributed by atoms with Crippen LogP contribution >= 0.6 is 0 Å². The average Bonchev–Trinajstić information content (AvgIpc) is 2.24. The van der Waals surface area contributed by atoms with Crippen LogP contribution in [0.3, 0.4) is 0 Å². The summed E-state index contributed by atoms with van der Waals surface area (Å²) in [6, 6.07) is 0. The summed E-state index contributed by atoms with van der Waals surface area (Å²) in [6.07, 6.45) is 1.60. The maximum atomic E-state index is 8.63. The second kappa shape index (κ2) is 11.9. The molecule has 0 radical (unpaired) electrons. The van der Waals surface area contributed by atoms with Gasteiger partial charge >= 0.3 is 0 Å². The van der Waals surface area contributed by atoms with E-state index >= 15 is 0 Å². The third kappa shape index (κ3) is 18.2. The van der Waals surface area contributed by atoms with Gasteiger partial charge in [-0.1, -0.05) is 47.5 Å². The van der Waals surface area contributed by atoms with E-state index in [0.29, 0.717) is 12.3 Å². The van der Waals surface area contributed by atoms with Gasteiger partial charge in [0.25, 0.3) is 0 Å². The van der Waals surface area contributed by atoms with Gasteiger partial charge in [0.15, 0.2) is 12.6 Å². The Labute approximate surface area is 112 Å². The number of aliphatic hydroxyl groups excluding tert-OH is 2. The zero-order valence-electron chi connectivity index (χ0n) is 12.5. The molecule has 0 aliphatic rings. The van der Waals surface area contributed by atoms with Gasteiger partial charge < -0.3 is 20.4 Å². The molecule has 18 heavy (non-hydrogen) atoms. The van der Waals surface area contributed by atoms with E-state index in [0.717, 1.165) is 12.3 Å². The van der Waals surface area contributed by atoms with Crippen molar-refractivity contribution in [1.29, 1.82) is 0 Å². The standard InChI is InChI=1S/C10H22O2.C4H10O2/c1-8(2)4-5-9(3)6-7-10(11)12;1-3(2)4(5)6/h8-12H,4-7H2,1-3H3;3-6H,1-2H3. The molecule has 0 aromatic rings. The van der Waals surface area contributed by atoms with E-state index in [-0.39, 0.29) is 5.92 Å². The Morgan fingerprint density at radius 2 is 1.06 bits per heavy atom. The van der Waals surface area contributed by atoms with Gasteiger partial charge in [-0.05, 0) is 24.7 Å². The first-order valence-electron chi connectivity index (χ1n) is 6.89. The average molecular weight is 264 g/mol. The van der Waals surface area contributed by atoms with Crippen molar-refractivity contribution in [1.82, 2.24) is 0 Å². The molecular formula is C14H32O4. The summed E-state index contributed by atoms with van der Waals surface area (Å²) in [6.45, 7) is 10.1. The monoisotopic (exact) mass is 264 g/mol. The van der Waals surface area contributed by atoms with E-state index < -0.39 is 12.6 Å². The smallest absolute Gasteiger partial charge is 0.153 e. The van der Waals surface area contributed by atoms with Gasteiger partial charge in [-0.3, -0.25) is 0 Å². The molecule has 0 amide bonds. The fraction of sp³-hybridized carbons (Fsp3) is 1.00. The highest BCUT2D eigenvalue weighted by Crippen LogP contribution is 2.16. The van der Waals surface area contributed by atoms with Crippen molar-refractivity contribution in [2.75, 3.05) is 0 Å². The van der Waals surface area contributed by atoms with Crippen LogP contribution in [0.2, 0.25) is 0 Å². The molecule has 0 rings (SSSR count). The molecule has 0 heterocycles. The molecule has 0 saturated carbocycles. The van der Waals surface area contributed by atoms with E-state index in [1.807, 2.05) is 0 Å². The van der Waals surface area contributed by atoms with Crippen molar-refractivity contribution in [3.63, 3.8) is 0 Å². The number of rotatable bonds is 7. The third-order valence-electron chi connectivity index (χ3n) is 2.75. The van der Waals surface area contributed by atoms with Crippen molar-refractivity contribution in [3.8, 4) is 0 Å². The summed E-state index contributed by atoms with van der Waals surface area (Å²) >= 11 is 0. The Balaban J connectivity index is 0. The Bertz CT molecular complexity index is 149. The van der Waals surface area contributed by atoms with Gasteiger partial charge in [0.1, 0.15) is 0 Å². The second-order valence-electron chi connectivity index (χ2n) is 5.79. The van der Waals surface area contributed by atoms with Crippen LogP contribution in [-0.2, 0) is 0 Å². The van der Waals surface area contributed by atoms with Crippen molar-refractivity contribution in [2.24, 2.45) is 17.8 Å². The molecule has 0 saturated heterocycles. The lowest BCUT2D eigenvalue weighted by Crippen LogP contribution is -2.11. The second-order valence-corrected chi connectivity index (χ2v) is 5.79. The van der Waals surface area contributed by atoms with Crippen molar-refractivity contribution < 1.29 is 20.4 Å². The van der Waals surface area contributed by atoms with Crippen LogP contribution < -0.4 is 0 Å². The molecule has 0 fully saturated rings. The third-order valence-corrected chi connectivity index (χ3v) is 2.75. The normalized spacial score (nSPS) is 13.2. The van der Waals surface area contributed by atoms with Gasteiger partial charge in [0.2, 0.25) is 0 Å². The predicted molar refractivity (Wildman–Crippen MR) is 73.8 cm³/mol. The van der Waals surface area contributed by atoms with Crippen LogP contribution in [0.1, 0.15) is 60.3 Å². The molecule has 0 aliphatic heterocycles. The minimum absolute atomic E-state index is 0.0370. The van der Waals surface area contributed by atoms with Crippen LogP contribution in [-0.4, -0.2) is 33.0 Å². The molecule has 4 nitrogen and oxygen atoms in total. The summed E-state index contributed by atoms with van der Waals surface area (Å²) in [7, 11) is 0. The van der Waals surface area contributed by atoms with Crippen LogP contribution in [0.5, 0.6) is 0 Å². The molecule has 1 atom stereocenters. The van der Waals surface area contributed by atoms with Gasteiger partial charge in [0.05, 0.1) is 0 Å². The molecule has 1 unspecified atom stereocenters. The number of hydrogen-bond donors (Lipinski definition) is 4. The Kier molecular flexibility index (Phi) is 13.3. The molecule has 0 aromatic carbocycles. The summed E-state index contributed by atoms with van der Waals surface area (Å²) in [5.41, 5.74) is 0. The zero-order chi connectivity index (χ0) is 14.7. The van der Waals surface area contributed by atoms with E-state index in [1.54, 1.807) is 13.8 Å². The number of hydrogen-bond acceptors (Lipinski definition) is 4. The molecule has 4 N–H and O–H groups in total. The number of aliphatic hydroxyl groups is 4. The van der Waals surface area contributed by atoms with E-state index in [1.165, 1.54) is 12.8 Å². The Morgan fingerprint density at radius 1 is 0.667 bits per heavy atom. The van der Waals surface area contributed by atoms with E-state index in [2.05, 4.69) is 20.8 Å². The molecule has 112 valence electrons. The Hall–Kier alpha value is -0.160. The fourth-order valence-corrected chi connectivity index (χ4v) is 1.20. The summed E-state index contributed by atoms with van der Waals surface area (Å²) in [4.78, 5) is 0. The topological polar surface area (TPSA) is 80.9 Å². The minimum atomic E-state index is -1.15. The summed E-state index contributed by atoms with van der Waals surface area (Å²) < 4.78 is 0.